The standard InChI is InChI=1S/C36H22N4O2/c41-35-29-12-7-15-32(34(29)36(42)39(35)26-18-16-24(17-19-26)23-8-2-1-3-9-23)40-30-13-5-4-10-28(30)33-27(11-6-14-31(33)40)25-20-37-22-38-21-25/h1-22H. The summed E-state index contributed by atoms with van der Waals surface area (Å²) in [6.45, 7) is 0. The molecule has 8 rings (SSSR count). The first-order valence-electron chi connectivity index (χ1n) is 13.7. The third-order valence-electron chi connectivity index (χ3n) is 7.94. The maximum atomic E-state index is 14.1. The number of hydrogen-bond donors (Lipinski definition) is 0. The molecule has 0 aliphatic carbocycles. The fourth-order valence-electron chi connectivity index (χ4n) is 6.08. The van der Waals surface area contributed by atoms with Gasteiger partial charge in [0, 0.05) is 28.7 Å². The van der Waals surface area contributed by atoms with Crippen molar-refractivity contribution in [2.45, 2.75) is 0 Å². The molecule has 5 aromatic carbocycles. The smallest absolute Gasteiger partial charge is 0.268 e. The molecular formula is C36H22N4O2. The molecule has 0 unspecified atom stereocenters. The van der Waals surface area contributed by atoms with Gasteiger partial charge in [0.15, 0.2) is 0 Å². The summed E-state index contributed by atoms with van der Waals surface area (Å²) in [6, 6.07) is 37.3. The quantitative estimate of drug-likeness (QED) is 0.214. The van der Waals surface area contributed by atoms with Crippen LogP contribution in [0, 0.1) is 0 Å². The Hall–Kier alpha value is -5.88. The molecule has 0 bridgehead atoms. The Morgan fingerprint density at radius 3 is 2.00 bits per heavy atom. The van der Waals surface area contributed by atoms with E-state index in [-0.39, 0.29) is 11.8 Å². The van der Waals surface area contributed by atoms with Gasteiger partial charge in [0.05, 0.1) is 33.5 Å². The first-order valence-corrected chi connectivity index (χ1v) is 13.7. The predicted molar refractivity (Wildman–Crippen MR) is 165 cm³/mol. The average Bonchev–Trinajstić information content (AvgIpc) is 3.53. The molecule has 6 heteroatoms. The Morgan fingerprint density at radius 1 is 0.524 bits per heavy atom. The van der Waals surface area contributed by atoms with E-state index in [0.29, 0.717) is 22.5 Å². The van der Waals surface area contributed by atoms with Gasteiger partial charge in [0.2, 0.25) is 0 Å². The molecule has 0 radical (unpaired) electrons. The van der Waals surface area contributed by atoms with Gasteiger partial charge in [-0.1, -0.05) is 78.9 Å². The second-order valence-electron chi connectivity index (χ2n) is 10.2. The van der Waals surface area contributed by atoms with Crippen molar-refractivity contribution >= 4 is 39.3 Å². The minimum atomic E-state index is -0.336. The molecule has 42 heavy (non-hydrogen) atoms. The van der Waals surface area contributed by atoms with E-state index in [0.717, 1.165) is 44.1 Å². The van der Waals surface area contributed by atoms with Crippen molar-refractivity contribution in [1.29, 1.82) is 0 Å². The highest BCUT2D eigenvalue weighted by atomic mass is 16.2. The monoisotopic (exact) mass is 542 g/mol. The van der Waals surface area contributed by atoms with Crippen LogP contribution in [0.25, 0.3) is 49.7 Å². The Bertz CT molecular complexity index is 2170. The van der Waals surface area contributed by atoms with E-state index in [4.69, 9.17) is 0 Å². The van der Waals surface area contributed by atoms with E-state index >= 15 is 0 Å². The van der Waals surface area contributed by atoms with Gasteiger partial charge in [-0.2, -0.15) is 0 Å². The average molecular weight is 543 g/mol. The summed E-state index contributed by atoms with van der Waals surface area (Å²) < 4.78 is 2.09. The first-order chi connectivity index (χ1) is 20.7. The number of amides is 2. The second-order valence-corrected chi connectivity index (χ2v) is 10.2. The summed E-state index contributed by atoms with van der Waals surface area (Å²) >= 11 is 0. The summed E-state index contributed by atoms with van der Waals surface area (Å²) in [5, 5.41) is 2.07. The van der Waals surface area contributed by atoms with Gasteiger partial charge in [-0.15, -0.1) is 0 Å². The lowest BCUT2D eigenvalue weighted by molar-refractivity contribution is 0.0926. The van der Waals surface area contributed by atoms with Crippen LogP contribution in [0.15, 0.2) is 134 Å². The third-order valence-corrected chi connectivity index (χ3v) is 7.94. The SMILES string of the molecule is O=C1c2cccc(-n3c4ccccc4c4c(-c5cncnc5)cccc43)c2C(=O)N1c1ccc(-c2ccccc2)cc1. The molecule has 1 aliphatic rings. The van der Waals surface area contributed by atoms with Gasteiger partial charge < -0.3 is 4.57 Å². The van der Waals surface area contributed by atoms with Crippen LogP contribution in [0.1, 0.15) is 20.7 Å². The number of anilines is 1. The molecule has 6 nitrogen and oxygen atoms in total. The number of carbonyl (C=O) groups excluding carboxylic acids is 2. The maximum absolute atomic E-state index is 14.1. The summed E-state index contributed by atoms with van der Waals surface area (Å²) in [7, 11) is 0. The molecule has 198 valence electrons. The van der Waals surface area contributed by atoms with E-state index in [1.54, 1.807) is 18.5 Å². The number of imide groups is 1. The van der Waals surface area contributed by atoms with Crippen LogP contribution >= 0.6 is 0 Å². The van der Waals surface area contributed by atoms with Crippen molar-refractivity contribution in [3.8, 4) is 27.9 Å². The van der Waals surface area contributed by atoms with Crippen LogP contribution in [0.3, 0.4) is 0 Å². The number of hydrogen-bond acceptors (Lipinski definition) is 4. The van der Waals surface area contributed by atoms with Gasteiger partial charge in [0.1, 0.15) is 6.33 Å². The Morgan fingerprint density at radius 2 is 1.19 bits per heavy atom. The lowest BCUT2D eigenvalue weighted by atomic mass is 10.0. The van der Waals surface area contributed by atoms with Crippen molar-refractivity contribution in [3.05, 3.63) is 145 Å². The van der Waals surface area contributed by atoms with Gasteiger partial charge in [0.25, 0.3) is 11.8 Å². The molecule has 0 N–H and O–H groups in total. The lowest BCUT2D eigenvalue weighted by Crippen LogP contribution is -2.29. The highest BCUT2D eigenvalue weighted by Crippen LogP contribution is 2.41. The second kappa shape index (κ2) is 9.35. The topological polar surface area (TPSA) is 68.1 Å². The Kier molecular flexibility index (Phi) is 5.34. The highest BCUT2D eigenvalue weighted by Gasteiger charge is 2.39. The first kappa shape index (κ1) is 24.0. The maximum Gasteiger partial charge on any atom is 0.268 e. The number of para-hydroxylation sites is 1. The Labute approximate surface area is 241 Å². The molecule has 0 fully saturated rings. The zero-order valence-corrected chi connectivity index (χ0v) is 22.3. The van der Waals surface area contributed by atoms with Gasteiger partial charge in [-0.05, 0) is 53.1 Å². The van der Waals surface area contributed by atoms with E-state index in [9.17, 15) is 9.59 Å². The van der Waals surface area contributed by atoms with Crippen molar-refractivity contribution in [2.75, 3.05) is 4.90 Å². The molecule has 0 atom stereocenters. The molecule has 0 spiro atoms. The number of rotatable bonds is 4. The number of aromatic nitrogens is 3. The van der Waals surface area contributed by atoms with Crippen LogP contribution in [-0.2, 0) is 0 Å². The fraction of sp³-hybridized carbons (Fsp3) is 0. The van der Waals surface area contributed by atoms with E-state index in [1.807, 2.05) is 97.1 Å². The molecule has 1 aliphatic heterocycles. The summed E-state index contributed by atoms with van der Waals surface area (Å²) in [6.07, 6.45) is 5.12. The van der Waals surface area contributed by atoms with E-state index in [1.165, 1.54) is 11.2 Å². The molecule has 7 aromatic rings. The number of benzene rings is 5. The molecule has 3 heterocycles. The van der Waals surface area contributed by atoms with Crippen LogP contribution in [0.2, 0.25) is 0 Å². The van der Waals surface area contributed by atoms with Crippen molar-refractivity contribution in [1.82, 2.24) is 14.5 Å². The number of nitrogens with zero attached hydrogens (tertiary/aromatic N) is 4. The molecular weight excluding hydrogens is 520 g/mol. The number of carbonyl (C=O) groups is 2. The van der Waals surface area contributed by atoms with Gasteiger partial charge in [-0.25, -0.2) is 14.9 Å². The zero-order valence-electron chi connectivity index (χ0n) is 22.3. The van der Waals surface area contributed by atoms with Crippen molar-refractivity contribution in [3.63, 3.8) is 0 Å². The summed E-state index contributed by atoms with van der Waals surface area (Å²) in [5.41, 5.74) is 7.85. The van der Waals surface area contributed by atoms with E-state index in [2.05, 4.69) is 26.7 Å². The van der Waals surface area contributed by atoms with Crippen molar-refractivity contribution < 1.29 is 9.59 Å². The predicted octanol–water partition coefficient (Wildman–Crippen LogP) is 7.71. The van der Waals surface area contributed by atoms with Crippen LogP contribution in [0.5, 0.6) is 0 Å². The van der Waals surface area contributed by atoms with Gasteiger partial charge in [-0.3, -0.25) is 9.59 Å². The van der Waals surface area contributed by atoms with Crippen LogP contribution in [-0.4, -0.2) is 26.3 Å². The normalized spacial score (nSPS) is 12.8. The van der Waals surface area contributed by atoms with Crippen LogP contribution in [0.4, 0.5) is 5.69 Å². The number of fused-ring (bicyclic) bond motifs is 4. The van der Waals surface area contributed by atoms with Gasteiger partial charge >= 0.3 is 0 Å². The van der Waals surface area contributed by atoms with Crippen molar-refractivity contribution in [2.24, 2.45) is 0 Å². The molecule has 2 aromatic heterocycles. The Balaban J connectivity index is 1.30. The minimum Gasteiger partial charge on any atom is -0.308 e. The largest absolute Gasteiger partial charge is 0.308 e. The molecule has 0 saturated heterocycles. The van der Waals surface area contributed by atoms with Crippen LogP contribution < -0.4 is 4.90 Å². The van der Waals surface area contributed by atoms with E-state index < -0.39 is 0 Å². The third kappa shape index (κ3) is 3.52. The fourth-order valence-corrected chi connectivity index (χ4v) is 6.08. The lowest BCUT2D eigenvalue weighted by Gasteiger charge is -2.15. The zero-order chi connectivity index (χ0) is 28.2. The summed E-state index contributed by atoms with van der Waals surface area (Å²) in [4.78, 5) is 37.6. The molecule has 2 amide bonds. The summed E-state index contributed by atoms with van der Waals surface area (Å²) in [5.74, 6) is -0.663. The molecule has 0 saturated carbocycles. The minimum absolute atomic E-state index is 0.327. The highest BCUT2D eigenvalue weighted by molar-refractivity contribution is 6.36.